The minimum absolute atomic E-state index is 0.00578. The fourth-order valence-electron chi connectivity index (χ4n) is 1.98. The molecule has 1 heterocycles. The van der Waals surface area contributed by atoms with Crippen LogP contribution in [-0.2, 0) is 23.9 Å². The van der Waals surface area contributed by atoms with Gasteiger partial charge < -0.3 is 25.2 Å². The highest BCUT2D eigenvalue weighted by Crippen LogP contribution is 2.10. The molecule has 2 unspecified atom stereocenters. The number of carbonyl (C=O) groups excluding carboxylic acids is 2. The topological polar surface area (TPSA) is 114 Å². The Labute approximate surface area is 116 Å². The highest BCUT2D eigenvalue weighted by molar-refractivity contribution is 5.87. The minimum atomic E-state index is -1.18. The van der Waals surface area contributed by atoms with E-state index in [9.17, 15) is 14.4 Å². The molecular formula is C12H20N2O6. The highest BCUT2D eigenvalue weighted by atomic mass is 16.5. The van der Waals surface area contributed by atoms with E-state index < -0.39 is 29.9 Å². The first-order valence-corrected chi connectivity index (χ1v) is 6.34. The molecule has 8 nitrogen and oxygen atoms in total. The zero-order chi connectivity index (χ0) is 15.1. The number of carboxylic acid groups (broad SMARTS) is 1. The van der Waals surface area contributed by atoms with E-state index in [1.54, 1.807) is 7.11 Å². The van der Waals surface area contributed by atoms with E-state index in [4.69, 9.17) is 9.84 Å². The number of amides is 1. The first-order valence-electron chi connectivity index (χ1n) is 6.34. The number of hydrogen-bond donors (Lipinski definition) is 3. The standard InChI is InChI=1S/C12H20N2O6/c1-19-7-5-9(13-6-7)11(16)14-8(12(17)18)3-4-10(15)20-2/h7-9,13H,3-6H2,1-2H3,(H,14,16)(H,17,18)/t7?,8-,9?/m0/s1. The predicted octanol–water partition coefficient (Wildman–Crippen LogP) is -1.11. The maximum atomic E-state index is 11.9. The second kappa shape index (κ2) is 7.81. The Bertz CT molecular complexity index is 373. The summed E-state index contributed by atoms with van der Waals surface area (Å²) in [5, 5.41) is 14.4. The van der Waals surface area contributed by atoms with Crippen molar-refractivity contribution in [2.45, 2.75) is 37.5 Å². The molecule has 1 aliphatic rings. The molecule has 1 fully saturated rings. The van der Waals surface area contributed by atoms with Crippen molar-refractivity contribution in [3.63, 3.8) is 0 Å². The summed E-state index contributed by atoms with van der Waals surface area (Å²) >= 11 is 0. The van der Waals surface area contributed by atoms with Gasteiger partial charge in [-0.2, -0.15) is 0 Å². The van der Waals surface area contributed by atoms with E-state index in [-0.39, 0.29) is 18.9 Å². The van der Waals surface area contributed by atoms with Crippen LogP contribution in [0, 0.1) is 0 Å². The number of hydrogen-bond acceptors (Lipinski definition) is 6. The summed E-state index contributed by atoms with van der Waals surface area (Å²) in [6.45, 7) is 0.550. The van der Waals surface area contributed by atoms with Crippen molar-refractivity contribution < 1.29 is 29.0 Å². The third-order valence-corrected chi connectivity index (χ3v) is 3.22. The summed E-state index contributed by atoms with van der Waals surface area (Å²) in [6.07, 6.45) is 0.371. The number of methoxy groups -OCH3 is 2. The van der Waals surface area contributed by atoms with E-state index >= 15 is 0 Å². The van der Waals surface area contributed by atoms with Gasteiger partial charge in [0.2, 0.25) is 5.91 Å². The van der Waals surface area contributed by atoms with Gasteiger partial charge in [0.1, 0.15) is 6.04 Å². The minimum Gasteiger partial charge on any atom is -0.480 e. The third kappa shape index (κ3) is 4.78. The molecule has 3 atom stereocenters. The molecule has 114 valence electrons. The first-order chi connectivity index (χ1) is 9.47. The van der Waals surface area contributed by atoms with Crippen LogP contribution >= 0.6 is 0 Å². The molecule has 0 radical (unpaired) electrons. The fourth-order valence-corrected chi connectivity index (χ4v) is 1.98. The molecule has 0 aromatic carbocycles. The van der Waals surface area contributed by atoms with Crippen molar-refractivity contribution in [2.75, 3.05) is 20.8 Å². The molecule has 0 saturated carbocycles. The lowest BCUT2D eigenvalue weighted by atomic mass is 10.1. The Morgan fingerprint density at radius 1 is 1.40 bits per heavy atom. The maximum Gasteiger partial charge on any atom is 0.326 e. The molecule has 8 heteroatoms. The summed E-state index contributed by atoms with van der Waals surface area (Å²) in [5.74, 6) is -2.09. The molecule has 0 aromatic rings. The van der Waals surface area contributed by atoms with E-state index in [2.05, 4.69) is 15.4 Å². The smallest absolute Gasteiger partial charge is 0.326 e. The summed E-state index contributed by atoms with van der Waals surface area (Å²) in [5.41, 5.74) is 0. The number of carbonyl (C=O) groups is 3. The monoisotopic (exact) mass is 288 g/mol. The van der Waals surface area contributed by atoms with Crippen LogP contribution in [0.4, 0.5) is 0 Å². The van der Waals surface area contributed by atoms with Crippen molar-refractivity contribution in [1.82, 2.24) is 10.6 Å². The lowest BCUT2D eigenvalue weighted by Gasteiger charge is -2.17. The Hall–Kier alpha value is -1.67. The second-order valence-electron chi connectivity index (χ2n) is 4.57. The normalized spacial score (nSPS) is 23.1. The lowest BCUT2D eigenvalue weighted by molar-refractivity contribution is -0.144. The molecular weight excluding hydrogens is 268 g/mol. The molecule has 0 aliphatic carbocycles. The quantitative estimate of drug-likeness (QED) is 0.509. The van der Waals surface area contributed by atoms with Gasteiger partial charge in [0.05, 0.1) is 19.3 Å². The van der Waals surface area contributed by atoms with E-state index in [0.29, 0.717) is 13.0 Å². The van der Waals surface area contributed by atoms with Gasteiger partial charge in [-0.05, 0) is 12.8 Å². The molecule has 1 saturated heterocycles. The van der Waals surface area contributed by atoms with Crippen LogP contribution in [0.5, 0.6) is 0 Å². The van der Waals surface area contributed by atoms with Gasteiger partial charge in [-0.25, -0.2) is 4.79 Å². The van der Waals surface area contributed by atoms with Crippen molar-refractivity contribution in [1.29, 1.82) is 0 Å². The van der Waals surface area contributed by atoms with Gasteiger partial charge in [0, 0.05) is 20.1 Å². The Morgan fingerprint density at radius 2 is 2.10 bits per heavy atom. The molecule has 1 aliphatic heterocycles. The fraction of sp³-hybridized carbons (Fsp3) is 0.750. The first kappa shape index (κ1) is 16.4. The molecule has 0 spiro atoms. The number of nitrogens with one attached hydrogen (secondary N) is 2. The highest BCUT2D eigenvalue weighted by Gasteiger charge is 2.31. The third-order valence-electron chi connectivity index (χ3n) is 3.22. The summed E-state index contributed by atoms with van der Waals surface area (Å²) in [6, 6.07) is -1.58. The van der Waals surface area contributed by atoms with Gasteiger partial charge in [-0.1, -0.05) is 0 Å². The van der Waals surface area contributed by atoms with Crippen LogP contribution in [0.1, 0.15) is 19.3 Å². The van der Waals surface area contributed by atoms with Crippen LogP contribution < -0.4 is 10.6 Å². The molecule has 20 heavy (non-hydrogen) atoms. The van der Waals surface area contributed by atoms with Crippen molar-refractivity contribution in [3.8, 4) is 0 Å². The summed E-state index contributed by atoms with van der Waals surface area (Å²) < 4.78 is 9.56. The molecule has 3 N–H and O–H groups in total. The van der Waals surface area contributed by atoms with Crippen molar-refractivity contribution in [3.05, 3.63) is 0 Å². The maximum absolute atomic E-state index is 11.9. The Kier molecular flexibility index (Phi) is 6.40. The van der Waals surface area contributed by atoms with Crippen LogP contribution in [0.25, 0.3) is 0 Å². The van der Waals surface area contributed by atoms with Crippen LogP contribution in [0.3, 0.4) is 0 Å². The van der Waals surface area contributed by atoms with E-state index in [1.807, 2.05) is 0 Å². The van der Waals surface area contributed by atoms with Crippen LogP contribution in [0.2, 0.25) is 0 Å². The Morgan fingerprint density at radius 3 is 2.60 bits per heavy atom. The summed E-state index contributed by atoms with van der Waals surface area (Å²) in [7, 11) is 2.78. The molecule has 1 rings (SSSR count). The van der Waals surface area contributed by atoms with Crippen LogP contribution in [0.15, 0.2) is 0 Å². The Balaban J connectivity index is 2.47. The van der Waals surface area contributed by atoms with E-state index in [1.165, 1.54) is 7.11 Å². The molecule has 0 aromatic heterocycles. The number of rotatable bonds is 7. The number of carboxylic acids is 1. The van der Waals surface area contributed by atoms with Crippen molar-refractivity contribution >= 4 is 17.8 Å². The van der Waals surface area contributed by atoms with Gasteiger partial charge in [0.15, 0.2) is 0 Å². The van der Waals surface area contributed by atoms with Gasteiger partial charge in [-0.3, -0.25) is 9.59 Å². The zero-order valence-corrected chi connectivity index (χ0v) is 11.5. The van der Waals surface area contributed by atoms with Gasteiger partial charge in [-0.15, -0.1) is 0 Å². The van der Waals surface area contributed by atoms with Gasteiger partial charge >= 0.3 is 11.9 Å². The van der Waals surface area contributed by atoms with E-state index in [0.717, 1.165) is 0 Å². The lowest BCUT2D eigenvalue weighted by Crippen LogP contribution is -2.48. The number of aliphatic carboxylic acids is 1. The largest absolute Gasteiger partial charge is 0.480 e. The average molecular weight is 288 g/mol. The second-order valence-corrected chi connectivity index (χ2v) is 4.57. The van der Waals surface area contributed by atoms with Crippen LogP contribution in [-0.4, -0.2) is 61.9 Å². The molecule has 1 amide bonds. The number of ether oxygens (including phenoxy) is 2. The average Bonchev–Trinajstić information content (AvgIpc) is 2.91. The summed E-state index contributed by atoms with van der Waals surface area (Å²) in [4.78, 5) is 34.0. The van der Waals surface area contributed by atoms with Crippen molar-refractivity contribution in [2.24, 2.45) is 0 Å². The number of esters is 1. The van der Waals surface area contributed by atoms with Gasteiger partial charge in [0.25, 0.3) is 0 Å². The predicted molar refractivity (Wildman–Crippen MR) is 68.0 cm³/mol. The zero-order valence-electron chi connectivity index (χ0n) is 11.5. The SMILES string of the molecule is COC(=O)CC[C@H](NC(=O)C1CC(OC)CN1)C(=O)O. The molecule has 0 bridgehead atoms.